The number of aromatic nitrogens is 2. The van der Waals surface area contributed by atoms with Gasteiger partial charge in [0.2, 0.25) is 0 Å². The Morgan fingerprint density at radius 1 is 0.476 bits per heavy atom. The van der Waals surface area contributed by atoms with Crippen molar-refractivity contribution in [2.24, 2.45) is 76.3 Å². The maximum absolute atomic E-state index is 8.13. The molecule has 4 aromatic carbocycles. The normalized spacial score (nSPS) is 29.5. The lowest BCUT2D eigenvalue weighted by molar-refractivity contribution is -0.124. The minimum Gasteiger partial charge on any atom is -0.361 e. The molecule has 314 valence electrons. The molecule has 11 heteroatoms. The van der Waals surface area contributed by atoms with E-state index in [2.05, 4.69) is 133 Å². The third kappa shape index (κ3) is 4.90. The Morgan fingerprint density at radius 3 is 1.25 bits per heavy atom. The number of benzene rings is 4. The van der Waals surface area contributed by atoms with Crippen molar-refractivity contribution in [3.8, 4) is 0 Å². The van der Waals surface area contributed by atoms with Crippen LogP contribution in [0.4, 0.5) is 11.6 Å². The minimum atomic E-state index is -4.17. The number of fused-ring (bicyclic) bond motifs is 18. The van der Waals surface area contributed by atoms with E-state index in [1.54, 1.807) is 0 Å². The van der Waals surface area contributed by atoms with Gasteiger partial charge >= 0.3 is 8.88 Å². The summed E-state index contributed by atoms with van der Waals surface area (Å²) in [5.41, 5.74) is 5.78. The van der Waals surface area contributed by atoms with Gasteiger partial charge in [-0.2, -0.15) is 0 Å². The third-order valence-electron chi connectivity index (χ3n) is 17.3. The number of aliphatic imine (C=N–C) groups is 4. The molecule has 0 spiro atoms. The monoisotopic (exact) mass is 846 g/mol. The second-order valence-electron chi connectivity index (χ2n) is 20.7. The van der Waals surface area contributed by atoms with Gasteiger partial charge in [-0.3, -0.25) is 8.47 Å². The van der Waals surface area contributed by atoms with Crippen molar-refractivity contribution in [2.45, 2.75) is 66.2 Å². The maximum Gasteiger partial charge on any atom is 0.603 e. The van der Waals surface area contributed by atoms with E-state index in [4.69, 9.17) is 38.8 Å². The molecule has 6 unspecified atom stereocenters. The fourth-order valence-corrected chi connectivity index (χ4v) is 16.9. The van der Waals surface area contributed by atoms with E-state index in [1.807, 2.05) is 0 Å². The summed E-state index contributed by atoms with van der Waals surface area (Å²) < 4.78 is 20.9. The molecule has 0 amide bonds. The summed E-state index contributed by atoms with van der Waals surface area (Å²) in [5.74, 6) is 7.36. The summed E-state index contributed by atoms with van der Waals surface area (Å²) in [6.07, 6.45) is 7.24. The Labute approximate surface area is 367 Å². The van der Waals surface area contributed by atoms with Crippen molar-refractivity contribution in [1.29, 1.82) is 0 Å². The largest absolute Gasteiger partial charge is 0.603 e. The van der Waals surface area contributed by atoms with Crippen LogP contribution in [0.25, 0.3) is 21.5 Å². The van der Waals surface area contributed by atoms with Crippen LogP contribution in [0, 0.1) is 46.3 Å². The van der Waals surface area contributed by atoms with E-state index in [9.17, 15) is 0 Å². The Balaban J connectivity index is 1.15. The van der Waals surface area contributed by atoms with E-state index in [1.165, 1.54) is 25.7 Å². The van der Waals surface area contributed by atoms with Gasteiger partial charge in [0.15, 0.2) is 23.3 Å². The zero-order valence-electron chi connectivity index (χ0n) is 36.3. The molecule has 6 atom stereocenters. The highest BCUT2D eigenvalue weighted by Gasteiger charge is 2.59. The third-order valence-corrected chi connectivity index (χ3v) is 20.4. The molecule has 6 fully saturated rings. The first-order chi connectivity index (χ1) is 30.7. The van der Waals surface area contributed by atoms with E-state index in [-0.39, 0.29) is 10.8 Å². The molecule has 0 radical (unpaired) electrons. The molecule has 63 heavy (non-hydrogen) atoms. The quantitative estimate of drug-likeness (QED) is 0.156. The SMILES string of the molecule is CC1(C)C2CCC(CO[Si]3(OCC4CCC5CC4C5(C)C)n4c5c6ccccc6c4N=C4N=C(N=c6c7ccccc7c(n63)=NC3=NC(=N5)c5ccccc53)c3ccccc34)C1C2. The van der Waals surface area contributed by atoms with Crippen molar-refractivity contribution in [3.05, 3.63) is 130 Å². The van der Waals surface area contributed by atoms with Gasteiger partial charge in [-0.1, -0.05) is 125 Å². The van der Waals surface area contributed by atoms with E-state index in [0.29, 0.717) is 60.2 Å². The number of rotatable bonds is 6. The predicted molar refractivity (Wildman–Crippen MR) is 249 cm³/mol. The molecule has 0 N–H and O–H groups in total. The summed E-state index contributed by atoms with van der Waals surface area (Å²) in [7, 11) is -4.17. The van der Waals surface area contributed by atoms with Gasteiger partial charge in [-0.25, -0.2) is 30.0 Å². The number of nitrogens with zero attached hydrogens (tertiary/aromatic N) is 8. The van der Waals surface area contributed by atoms with Crippen molar-refractivity contribution >= 4 is 65.4 Å². The molecule has 16 rings (SSSR count). The highest BCUT2D eigenvalue weighted by Crippen LogP contribution is 2.63. The maximum atomic E-state index is 8.13. The zero-order valence-corrected chi connectivity index (χ0v) is 37.3. The highest BCUT2D eigenvalue weighted by molar-refractivity contribution is 6.66. The van der Waals surface area contributed by atoms with Crippen LogP contribution in [0.5, 0.6) is 0 Å². The van der Waals surface area contributed by atoms with Crippen molar-refractivity contribution in [1.82, 2.24) is 8.47 Å². The molecular formula is C52H50N8O2Si. The summed E-state index contributed by atoms with van der Waals surface area (Å²) >= 11 is 0. The number of hydrogen-bond donors (Lipinski definition) is 0. The lowest BCUT2D eigenvalue weighted by Gasteiger charge is -2.60. The predicted octanol–water partition coefficient (Wildman–Crippen LogP) is 9.55. The van der Waals surface area contributed by atoms with Gasteiger partial charge < -0.3 is 8.85 Å². The highest BCUT2D eigenvalue weighted by atomic mass is 28.4. The van der Waals surface area contributed by atoms with Crippen molar-refractivity contribution in [2.75, 3.05) is 13.2 Å². The summed E-state index contributed by atoms with van der Waals surface area (Å²) in [6.45, 7) is 11.0. The second-order valence-corrected chi connectivity index (χ2v) is 23.2. The lowest BCUT2D eigenvalue weighted by atomic mass is 9.46. The molecule has 10 nitrogen and oxygen atoms in total. The summed E-state index contributed by atoms with van der Waals surface area (Å²) in [4.78, 5) is 33.2. The van der Waals surface area contributed by atoms with Crippen molar-refractivity contribution in [3.63, 3.8) is 0 Å². The topological polar surface area (TPSA) is 102 Å². The molecule has 6 heterocycles. The van der Waals surface area contributed by atoms with E-state index >= 15 is 0 Å². The molecule has 6 saturated carbocycles. The zero-order chi connectivity index (χ0) is 42.0. The Bertz CT molecular complexity index is 3070. The average Bonchev–Trinajstić information content (AvgIpc) is 4.03. The molecule has 6 aromatic rings. The van der Waals surface area contributed by atoms with Gasteiger partial charge in [0, 0.05) is 57.0 Å². The molecule has 2 aromatic heterocycles. The second kappa shape index (κ2) is 12.8. The van der Waals surface area contributed by atoms with Gasteiger partial charge in [-0.15, -0.1) is 0 Å². The fourth-order valence-electron chi connectivity index (χ4n) is 13.5. The van der Waals surface area contributed by atoms with Gasteiger partial charge in [0.1, 0.15) is 22.6 Å². The average molecular weight is 847 g/mol. The number of amidine groups is 4. The van der Waals surface area contributed by atoms with Crippen LogP contribution in [-0.4, -0.2) is 53.9 Å². The van der Waals surface area contributed by atoms with E-state index < -0.39 is 8.88 Å². The van der Waals surface area contributed by atoms with E-state index in [0.717, 1.165) is 91.1 Å². The lowest BCUT2D eigenvalue weighted by Crippen LogP contribution is -2.66. The van der Waals surface area contributed by atoms with Gasteiger partial charge in [0.05, 0.1) is 0 Å². The first-order valence-corrected chi connectivity index (χ1v) is 24.9. The summed E-state index contributed by atoms with van der Waals surface area (Å²) in [6, 6.07) is 33.7. The van der Waals surface area contributed by atoms with Crippen LogP contribution in [0.1, 0.15) is 88.5 Å². The number of hydrogen-bond acceptors (Lipinski definition) is 8. The van der Waals surface area contributed by atoms with Crippen molar-refractivity contribution < 1.29 is 8.85 Å². The molecule has 6 aliphatic carbocycles. The van der Waals surface area contributed by atoms with Crippen LogP contribution in [-0.2, 0) is 8.85 Å². The first-order valence-electron chi connectivity index (χ1n) is 23.2. The Morgan fingerprint density at radius 2 is 0.857 bits per heavy atom. The molecule has 0 saturated heterocycles. The van der Waals surface area contributed by atoms with Crippen LogP contribution < -0.4 is 11.0 Å². The Kier molecular flexibility index (Phi) is 7.46. The molecule has 10 aliphatic rings. The van der Waals surface area contributed by atoms with Crippen LogP contribution in [0.15, 0.2) is 127 Å². The summed E-state index contributed by atoms with van der Waals surface area (Å²) in [5, 5.41) is 3.83. The molecule has 10 bridgehead atoms. The standard InChI is InChI=1S/C52H50N8O2Si/c1-51(2)31-23-21-29(41(51)25-31)27-61-63(62-28-30-22-24-32-26-42(30)52(32,3)4)59-47-37-17-9-10-18-38(37)49(59)57-45-35-15-7-8-16-36(35)46(54-45)58-50-40-20-12-11-19-39(40)48(60(50)63)56-44-34-14-6-5-13-33(34)43(53-44)55-47/h5-20,29-32,41-42H,21-28H2,1-4H3. The smallest absolute Gasteiger partial charge is 0.361 e. The van der Waals surface area contributed by atoms with Gasteiger partial charge in [0.25, 0.3) is 0 Å². The first kappa shape index (κ1) is 36.8. The fraction of sp³-hybridized carbons (Fsp3) is 0.385. The molecular weight excluding hydrogens is 797 g/mol. The Hall–Kier alpha value is -5.62. The van der Waals surface area contributed by atoms with Gasteiger partial charge in [-0.05, 0) is 84.9 Å². The molecule has 4 aliphatic heterocycles. The van der Waals surface area contributed by atoms with Crippen LogP contribution >= 0.6 is 0 Å². The minimum absolute atomic E-state index is 0.277. The van der Waals surface area contributed by atoms with Crippen LogP contribution in [0.3, 0.4) is 0 Å². The van der Waals surface area contributed by atoms with Crippen LogP contribution in [0.2, 0.25) is 0 Å².